The van der Waals surface area contributed by atoms with Gasteiger partial charge in [0.1, 0.15) is 10.7 Å². The van der Waals surface area contributed by atoms with Crippen molar-refractivity contribution in [2.45, 2.75) is 26.0 Å². The summed E-state index contributed by atoms with van der Waals surface area (Å²) >= 11 is 3.14. The maximum atomic E-state index is 12.3. The van der Waals surface area contributed by atoms with Gasteiger partial charge < -0.3 is 15.0 Å². The highest BCUT2D eigenvalue weighted by Gasteiger charge is 2.21. The van der Waals surface area contributed by atoms with Crippen LogP contribution in [0.4, 0.5) is 0 Å². The fourth-order valence-electron chi connectivity index (χ4n) is 2.60. The smallest absolute Gasteiger partial charge is 0.270 e. The minimum Gasteiger partial charge on any atom is -0.378 e. The molecule has 0 unspecified atom stereocenters. The summed E-state index contributed by atoms with van der Waals surface area (Å²) in [5.41, 5.74) is 1.62. The molecule has 3 heterocycles. The lowest BCUT2D eigenvalue weighted by molar-refractivity contribution is -0.131. The molecular weight excluding hydrogens is 346 g/mol. The number of thiazole rings is 1. The van der Waals surface area contributed by atoms with Crippen LogP contribution in [-0.2, 0) is 29.1 Å². The van der Waals surface area contributed by atoms with E-state index in [1.54, 1.807) is 23.8 Å². The van der Waals surface area contributed by atoms with Crippen LogP contribution in [0.3, 0.4) is 0 Å². The van der Waals surface area contributed by atoms with Crippen molar-refractivity contribution in [1.82, 2.24) is 15.2 Å². The van der Waals surface area contributed by atoms with E-state index >= 15 is 0 Å². The molecule has 1 aliphatic heterocycles. The number of nitrogens with zero attached hydrogens (tertiary/aromatic N) is 2. The number of amides is 2. The highest BCUT2D eigenvalue weighted by Crippen LogP contribution is 2.24. The molecule has 0 atom stereocenters. The molecule has 0 aliphatic carbocycles. The quantitative estimate of drug-likeness (QED) is 0.851. The molecule has 3 rings (SSSR count). The molecule has 0 saturated carbocycles. The molecule has 8 heteroatoms. The van der Waals surface area contributed by atoms with Crippen LogP contribution < -0.4 is 5.32 Å². The molecular formula is C16H19N3O3S2. The average Bonchev–Trinajstić information content (AvgIpc) is 3.23. The summed E-state index contributed by atoms with van der Waals surface area (Å²) in [6.45, 7) is 2.16. The molecule has 0 radical (unpaired) electrons. The van der Waals surface area contributed by atoms with E-state index in [0.29, 0.717) is 31.8 Å². The molecule has 24 heavy (non-hydrogen) atoms. The minimum atomic E-state index is -0.250. The molecule has 0 bridgehead atoms. The molecule has 0 saturated heterocycles. The Morgan fingerprint density at radius 3 is 3.12 bits per heavy atom. The second kappa shape index (κ2) is 7.87. The van der Waals surface area contributed by atoms with E-state index < -0.39 is 0 Å². The van der Waals surface area contributed by atoms with Crippen LogP contribution in [0.2, 0.25) is 0 Å². The molecule has 0 aromatic carbocycles. The number of carbonyl (C=O) groups excluding carboxylic acids is 2. The van der Waals surface area contributed by atoms with Crippen molar-refractivity contribution in [3.63, 3.8) is 0 Å². The molecule has 2 aromatic rings. The van der Waals surface area contributed by atoms with Crippen LogP contribution in [0.25, 0.3) is 0 Å². The van der Waals surface area contributed by atoms with Crippen LogP contribution in [0.5, 0.6) is 0 Å². The van der Waals surface area contributed by atoms with Crippen LogP contribution in [0.15, 0.2) is 16.8 Å². The monoisotopic (exact) mass is 365 g/mol. The van der Waals surface area contributed by atoms with E-state index in [2.05, 4.69) is 21.7 Å². The number of ether oxygens (including phenoxy) is 1. The molecule has 1 aliphatic rings. The maximum absolute atomic E-state index is 12.3. The van der Waals surface area contributed by atoms with Gasteiger partial charge in [-0.05, 0) is 23.4 Å². The van der Waals surface area contributed by atoms with E-state index in [4.69, 9.17) is 4.74 Å². The average molecular weight is 365 g/mol. The lowest BCUT2D eigenvalue weighted by Crippen LogP contribution is -2.37. The van der Waals surface area contributed by atoms with E-state index in [9.17, 15) is 9.59 Å². The van der Waals surface area contributed by atoms with Gasteiger partial charge in [0.05, 0.1) is 6.61 Å². The fraction of sp³-hybridized carbons (Fsp3) is 0.438. The van der Waals surface area contributed by atoms with E-state index in [1.807, 2.05) is 4.90 Å². The van der Waals surface area contributed by atoms with Crippen molar-refractivity contribution < 1.29 is 14.3 Å². The fourth-order valence-corrected chi connectivity index (χ4v) is 4.23. The number of thiophene rings is 1. The van der Waals surface area contributed by atoms with Crippen molar-refractivity contribution in [2.75, 3.05) is 20.2 Å². The Labute approximate surface area is 148 Å². The standard InChI is InChI=1S/C16H19N3O3S2/c1-22-9-14-18-12(10-24-14)16(21)17-5-2-15(20)19-6-3-13-11(8-19)4-7-23-13/h4,7,10H,2-3,5-6,8-9H2,1H3,(H,17,21). The minimum absolute atomic E-state index is 0.0745. The lowest BCUT2D eigenvalue weighted by atomic mass is 10.1. The number of carbonyl (C=O) groups is 2. The summed E-state index contributed by atoms with van der Waals surface area (Å²) in [5, 5.41) is 7.30. The third-order valence-electron chi connectivity index (χ3n) is 3.84. The van der Waals surface area contributed by atoms with Crippen molar-refractivity contribution in [3.8, 4) is 0 Å². The first kappa shape index (κ1) is 17.1. The van der Waals surface area contributed by atoms with Crippen molar-refractivity contribution in [1.29, 1.82) is 0 Å². The first-order valence-corrected chi connectivity index (χ1v) is 9.48. The van der Waals surface area contributed by atoms with Gasteiger partial charge in [-0.25, -0.2) is 4.98 Å². The summed E-state index contributed by atoms with van der Waals surface area (Å²) in [6, 6.07) is 2.08. The number of hydrogen-bond acceptors (Lipinski definition) is 6. The van der Waals surface area contributed by atoms with Gasteiger partial charge in [0.25, 0.3) is 5.91 Å². The molecule has 1 N–H and O–H groups in total. The number of nitrogens with one attached hydrogen (secondary N) is 1. The zero-order valence-electron chi connectivity index (χ0n) is 13.4. The normalized spacial score (nSPS) is 13.6. The molecule has 2 aromatic heterocycles. The topological polar surface area (TPSA) is 71.5 Å². The predicted molar refractivity (Wildman–Crippen MR) is 93.2 cm³/mol. The van der Waals surface area contributed by atoms with Crippen molar-refractivity contribution in [2.24, 2.45) is 0 Å². The van der Waals surface area contributed by atoms with E-state index in [1.165, 1.54) is 21.8 Å². The van der Waals surface area contributed by atoms with Crippen molar-refractivity contribution >= 4 is 34.5 Å². The van der Waals surface area contributed by atoms with Gasteiger partial charge in [0.15, 0.2) is 0 Å². The molecule has 128 valence electrons. The second-order valence-electron chi connectivity index (χ2n) is 5.50. The van der Waals surface area contributed by atoms with Crippen LogP contribution in [0.1, 0.15) is 32.4 Å². The lowest BCUT2D eigenvalue weighted by Gasteiger charge is -2.27. The Balaban J connectivity index is 1.44. The second-order valence-corrected chi connectivity index (χ2v) is 7.44. The number of hydrogen-bond donors (Lipinski definition) is 1. The summed E-state index contributed by atoms with van der Waals surface area (Å²) in [7, 11) is 1.59. The zero-order chi connectivity index (χ0) is 16.9. The van der Waals surface area contributed by atoms with Crippen LogP contribution >= 0.6 is 22.7 Å². The third-order valence-corrected chi connectivity index (χ3v) is 5.68. The SMILES string of the molecule is COCc1nc(C(=O)NCCC(=O)N2CCc3sccc3C2)cs1. The van der Waals surface area contributed by atoms with E-state index in [-0.39, 0.29) is 11.8 Å². The van der Waals surface area contributed by atoms with Gasteiger partial charge in [-0.3, -0.25) is 9.59 Å². The molecule has 0 fully saturated rings. The zero-order valence-corrected chi connectivity index (χ0v) is 15.0. The number of rotatable bonds is 6. The number of fused-ring (bicyclic) bond motifs is 1. The van der Waals surface area contributed by atoms with Crippen LogP contribution in [0, 0.1) is 0 Å². The number of methoxy groups -OCH3 is 1. The summed E-state index contributed by atoms with van der Waals surface area (Å²) < 4.78 is 4.99. The van der Waals surface area contributed by atoms with Gasteiger partial charge in [-0.2, -0.15) is 0 Å². The Morgan fingerprint density at radius 1 is 1.42 bits per heavy atom. The Bertz CT molecular complexity index is 726. The third kappa shape index (κ3) is 4.00. The first-order chi connectivity index (χ1) is 11.7. The summed E-state index contributed by atoms with van der Waals surface area (Å²) in [4.78, 5) is 31.7. The van der Waals surface area contributed by atoms with E-state index in [0.717, 1.165) is 18.0 Å². The predicted octanol–water partition coefficient (Wildman–Crippen LogP) is 2.06. The highest BCUT2D eigenvalue weighted by molar-refractivity contribution is 7.10. The highest BCUT2D eigenvalue weighted by atomic mass is 32.1. The molecule has 2 amide bonds. The maximum Gasteiger partial charge on any atom is 0.270 e. The Kier molecular flexibility index (Phi) is 5.60. The molecule has 0 spiro atoms. The Hall–Kier alpha value is -1.77. The van der Waals surface area contributed by atoms with Gasteiger partial charge >= 0.3 is 0 Å². The summed E-state index contributed by atoms with van der Waals surface area (Å²) in [6.07, 6.45) is 1.23. The van der Waals surface area contributed by atoms with Gasteiger partial charge in [-0.15, -0.1) is 22.7 Å². The van der Waals surface area contributed by atoms with Gasteiger partial charge in [0, 0.05) is 43.4 Å². The Morgan fingerprint density at radius 2 is 2.29 bits per heavy atom. The molecule has 6 nitrogen and oxygen atoms in total. The van der Waals surface area contributed by atoms with Crippen LogP contribution in [-0.4, -0.2) is 41.9 Å². The van der Waals surface area contributed by atoms with Gasteiger partial charge in [0.2, 0.25) is 5.91 Å². The largest absolute Gasteiger partial charge is 0.378 e. The summed E-state index contributed by atoms with van der Waals surface area (Å²) in [5.74, 6) is -0.175. The number of aromatic nitrogens is 1. The van der Waals surface area contributed by atoms with Gasteiger partial charge in [-0.1, -0.05) is 0 Å². The van der Waals surface area contributed by atoms with Crippen molar-refractivity contribution in [3.05, 3.63) is 38.0 Å². The first-order valence-electron chi connectivity index (χ1n) is 7.72.